The molecule has 3 atom stereocenters. The van der Waals surface area contributed by atoms with Crippen molar-refractivity contribution in [2.75, 3.05) is 5.32 Å². The van der Waals surface area contributed by atoms with Gasteiger partial charge in [0, 0.05) is 12.4 Å². The van der Waals surface area contributed by atoms with Crippen LogP contribution < -0.4 is 10.6 Å². The number of fused-ring (bicyclic) bond motifs is 4. The van der Waals surface area contributed by atoms with Crippen molar-refractivity contribution < 1.29 is 9.59 Å². The van der Waals surface area contributed by atoms with Gasteiger partial charge in [-0.25, -0.2) is 4.98 Å². The number of aromatic nitrogens is 2. The lowest BCUT2D eigenvalue weighted by Gasteiger charge is -2.36. The van der Waals surface area contributed by atoms with Crippen molar-refractivity contribution in [3.63, 3.8) is 0 Å². The van der Waals surface area contributed by atoms with Gasteiger partial charge in [0.1, 0.15) is 5.69 Å². The number of ketones is 1. The number of hydrogen-bond donors (Lipinski definition) is 2. The molecule has 3 unspecified atom stereocenters. The number of anilines is 1. The van der Waals surface area contributed by atoms with Gasteiger partial charge in [0.25, 0.3) is 5.91 Å². The Bertz CT molecular complexity index is 625. The predicted octanol–water partition coefficient (Wildman–Crippen LogP) is 0.132. The Morgan fingerprint density at radius 1 is 1.11 bits per heavy atom. The molecule has 96 valence electrons. The van der Waals surface area contributed by atoms with Crippen molar-refractivity contribution >= 4 is 23.6 Å². The smallest absolute Gasteiger partial charge is 0.288 e. The Morgan fingerprint density at radius 2 is 1.95 bits per heavy atom. The summed E-state index contributed by atoms with van der Waals surface area (Å²) in [5.41, 5.74) is 1.81. The molecule has 1 saturated carbocycles. The SMILES string of the molecule is O=C1NC2C3=Cc4nccnc4NC3CCC2C1=O. The average molecular weight is 256 g/mol. The predicted molar refractivity (Wildman–Crippen MR) is 67.1 cm³/mol. The van der Waals surface area contributed by atoms with Crippen LogP contribution in [-0.2, 0) is 9.59 Å². The van der Waals surface area contributed by atoms with Crippen molar-refractivity contribution in [1.82, 2.24) is 15.3 Å². The summed E-state index contributed by atoms with van der Waals surface area (Å²) in [7, 11) is 0. The number of nitrogens with zero attached hydrogens (tertiary/aromatic N) is 2. The molecule has 3 aliphatic rings. The Morgan fingerprint density at radius 3 is 2.84 bits per heavy atom. The standard InChI is InChI=1S/C13H12N4O2/c18-11-6-1-2-8-7(10(6)17-13(11)19)5-9-12(16-8)15-4-3-14-9/h3-6,8,10H,1-2H2,(H,15,16)(H,17,19). The van der Waals surface area contributed by atoms with E-state index in [4.69, 9.17) is 0 Å². The Labute approximate surface area is 109 Å². The zero-order chi connectivity index (χ0) is 13.0. The molecule has 19 heavy (non-hydrogen) atoms. The van der Waals surface area contributed by atoms with E-state index in [1.54, 1.807) is 12.4 Å². The molecule has 1 amide bonds. The van der Waals surface area contributed by atoms with Gasteiger partial charge >= 0.3 is 0 Å². The maximum absolute atomic E-state index is 11.8. The van der Waals surface area contributed by atoms with E-state index in [0.29, 0.717) is 0 Å². The van der Waals surface area contributed by atoms with Gasteiger partial charge in [-0.3, -0.25) is 14.6 Å². The molecule has 1 aromatic rings. The van der Waals surface area contributed by atoms with Crippen LogP contribution in [0.1, 0.15) is 18.5 Å². The van der Waals surface area contributed by atoms with Gasteiger partial charge in [0.2, 0.25) is 5.78 Å². The molecule has 0 bridgehead atoms. The summed E-state index contributed by atoms with van der Waals surface area (Å²) in [6, 6.07) is -0.0435. The molecule has 0 aromatic carbocycles. The third-order valence-electron chi connectivity index (χ3n) is 4.12. The first-order valence-corrected chi connectivity index (χ1v) is 6.38. The molecule has 2 N–H and O–H groups in total. The van der Waals surface area contributed by atoms with Crippen molar-refractivity contribution in [2.24, 2.45) is 5.92 Å². The molecule has 1 aliphatic carbocycles. The first kappa shape index (κ1) is 10.7. The van der Waals surface area contributed by atoms with Crippen LogP contribution in [-0.4, -0.2) is 33.7 Å². The second-order valence-electron chi connectivity index (χ2n) is 5.13. The molecular formula is C13H12N4O2. The van der Waals surface area contributed by atoms with E-state index >= 15 is 0 Å². The summed E-state index contributed by atoms with van der Waals surface area (Å²) >= 11 is 0. The molecule has 3 heterocycles. The van der Waals surface area contributed by atoms with E-state index in [1.807, 2.05) is 6.08 Å². The highest BCUT2D eigenvalue weighted by atomic mass is 16.2. The highest BCUT2D eigenvalue weighted by molar-refractivity contribution is 6.39. The number of Topliss-reactive ketones (excluding diaryl/α,β-unsaturated/α-hetero) is 1. The lowest BCUT2D eigenvalue weighted by molar-refractivity contribution is -0.136. The van der Waals surface area contributed by atoms with Crippen LogP contribution in [0.2, 0.25) is 0 Å². The van der Waals surface area contributed by atoms with Crippen molar-refractivity contribution in [2.45, 2.75) is 24.9 Å². The van der Waals surface area contributed by atoms with Crippen molar-refractivity contribution in [1.29, 1.82) is 0 Å². The number of carbonyl (C=O) groups is 2. The van der Waals surface area contributed by atoms with Gasteiger partial charge < -0.3 is 10.6 Å². The lowest BCUT2D eigenvalue weighted by atomic mass is 9.77. The fraction of sp³-hybridized carbons (Fsp3) is 0.385. The fourth-order valence-corrected chi connectivity index (χ4v) is 3.21. The van der Waals surface area contributed by atoms with Crippen LogP contribution >= 0.6 is 0 Å². The second kappa shape index (κ2) is 3.63. The minimum atomic E-state index is -0.457. The zero-order valence-electron chi connectivity index (χ0n) is 10.1. The molecule has 1 aromatic heterocycles. The number of amides is 1. The van der Waals surface area contributed by atoms with Crippen LogP contribution in [0.3, 0.4) is 0 Å². The summed E-state index contributed by atoms with van der Waals surface area (Å²) < 4.78 is 0. The molecule has 0 spiro atoms. The summed E-state index contributed by atoms with van der Waals surface area (Å²) in [6.07, 6.45) is 6.81. The van der Waals surface area contributed by atoms with Crippen LogP contribution in [0.4, 0.5) is 5.82 Å². The van der Waals surface area contributed by atoms with E-state index in [1.165, 1.54) is 0 Å². The van der Waals surface area contributed by atoms with Gasteiger partial charge in [-0.15, -0.1) is 0 Å². The van der Waals surface area contributed by atoms with Gasteiger partial charge in [-0.1, -0.05) is 0 Å². The zero-order valence-corrected chi connectivity index (χ0v) is 10.1. The Kier molecular flexibility index (Phi) is 2.04. The summed E-state index contributed by atoms with van der Waals surface area (Å²) in [5, 5.41) is 6.13. The molecule has 0 radical (unpaired) electrons. The Balaban J connectivity index is 1.79. The van der Waals surface area contributed by atoms with Crippen LogP contribution in [0.5, 0.6) is 0 Å². The topological polar surface area (TPSA) is 84.0 Å². The van der Waals surface area contributed by atoms with Crippen LogP contribution in [0.25, 0.3) is 6.08 Å². The number of nitrogens with one attached hydrogen (secondary N) is 2. The largest absolute Gasteiger partial charge is 0.362 e. The molecule has 6 heteroatoms. The molecule has 6 nitrogen and oxygen atoms in total. The van der Waals surface area contributed by atoms with E-state index in [-0.39, 0.29) is 23.8 Å². The van der Waals surface area contributed by atoms with Gasteiger partial charge in [-0.2, -0.15) is 0 Å². The maximum atomic E-state index is 11.8. The number of hydrogen-bond acceptors (Lipinski definition) is 5. The monoisotopic (exact) mass is 256 g/mol. The van der Waals surface area contributed by atoms with Crippen LogP contribution in [0.15, 0.2) is 18.0 Å². The highest BCUT2D eigenvalue weighted by Gasteiger charge is 2.47. The number of rotatable bonds is 0. The molecule has 2 fully saturated rings. The van der Waals surface area contributed by atoms with E-state index in [0.717, 1.165) is 29.9 Å². The highest BCUT2D eigenvalue weighted by Crippen LogP contribution is 2.38. The minimum Gasteiger partial charge on any atom is -0.362 e. The van der Waals surface area contributed by atoms with Gasteiger partial charge in [0.15, 0.2) is 5.82 Å². The molecule has 4 rings (SSSR count). The average Bonchev–Trinajstić information content (AvgIpc) is 2.73. The first-order chi connectivity index (χ1) is 9.24. The summed E-state index contributed by atoms with van der Waals surface area (Å²) in [5.74, 6) is -0.184. The quantitative estimate of drug-likeness (QED) is 0.645. The normalized spacial score (nSPS) is 31.6. The third-order valence-corrected chi connectivity index (χ3v) is 4.12. The fourth-order valence-electron chi connectivity index (χ4n) is 3.21. The second-order valence-corrected chi connectivity index (χ2v) is 5.13. The maximum Gasteiger partial charge on any atom is 0.288 e. The number of carbonyl (C=O) groups excluding carboxylic acids is 2. The summed E-state index contributed by atoms with van der Waals surface area (Å²) in [6.45, 7) is 0. The molecule has 1 saturated heterocycles. The van der Waals surface area contributed by atoms with Gasteiger partial charge in [0.05, 0.1) is 18.0 Å². The third kappa shape index (κ3) is 1.43. The molecule has 2 aliphatic heterocycles. The van der Waals surface area contributed by atoms with Crippen molar-refractivity contribution in [3.8, 4) is 0 Å². The van der Waals surface area contributed by atoms with E-state index in [2.05, 4.69) is 20.6 Å². The van der Waals surface area contributed by atoms with Crippen molar-refractivity contribution in [3.05, 3.63) is 23.7 Å². The van der Waals surface area contributed by atoms with Crippen LogP contribution in [0, 0.1) is 5.92 Å². The summed E-state index contributed by atoms with van der Waals surface area (Å²) in [4.78, 5) is 31.8. The minimum absolute atomic E-state index is 0.136. The Hall–Kier alpha value is -2.24. The molecular weight excluding hydrogens is 244 g/mol. The lowest BCUT2D eigenvalue weighted by Crippen LogP contribution is -2.44. The van der Waals surface area contributed by atoms with E-state index < -0.39 is 5.91 Å². The first-order valence-electron chi connectivity index (χ1n) is 6.38. The van der Waals surface area contributed by atoms with E-state index in [9.17, 15) is 9.59 Å². The van der Waals surface area contributed by atoms with Gasteiger partial charge in [-0.05, 0) is 24.5 Å².